The number of carbonyl (C=O) groups excluding carboxylic acids is 1. The molecule has 0 aromatic heterocycles. The molecule has 2 heterocycles. The molecule has 0 spiro atoms. The molecule has 0 fully saturated rings. The van der Waals surface area contributed by atoms with Crippen LogP contribution in [0.15, 0.2) is 46.2 Å². The third-order valence-electron chi connectivity index (χ3n) is 3.24. The van der Waals surface area contributed by atoms with E-state index in [4.69, 9.17) is 8.22 Å². The molecule has 0 bridgehead atoms. The number of nitrogens with zero attached hydrogens (tertiary/aromatic N) is 2. The molecule has 0 saturated carbocycles. The molecule has 6 heteroatoms. The van der Waals surface area contributed by atoms with Gasteiger partial charge in [0.2, 0.25) is 11.4 Å². The summed E-state index contributed by atoms with van der Waals surface area (Å²) in [5.41, 5.74) is -0.515. The van der Waals surface area contributed by atoms with E-state index in [1.807, 2.05) is 0 Å². The lowest BCUT2D eigenvalue weighted by Crippen LogP contribution is -2.32. The molecule has 118 valence electrons. The zero-order chi connectivity index (χ0) is 21.7. The Hall–Kier alpha value is -2.63. The number of hydrogen-bond acceptors (Lipinski definition) is 2. The Morgan fingerprint density at radius 2 is 2.22 bits per heavy atom. The van der Waals surface area contributed by atoms with Crippen LogP contribution < -0.4 is 5.32 Å². The molecule has 2 aliphatic heterocycles. The van der Waals surface area contributed by atoms with Crippen LogP contribution in [-0.4, -0.2) is 22.5 Å². The molecule has 1 unspecified atom stereocenters. The van der Waals surface area contributed by atoms with Crippen molar-refractivity contribution in [3.8, 4) is 0 Å². The maximum Gasteiger partial charge on any atom is 0.308 e. The maximum atomic E-state index is 13.3. The van der Waals surface area contributed by atoms with Gasteiger partial charge in [-0.15, -0.1) is 0 Å². The molecule has 3 rings (SSSR count). The van der Waals surface area contributed by atoms with Crippen molar-refractivity contribution >= 4 is 17.9 Å². The second kappa shape index (κ2) is 5.87. The second-order valence-electron chi connectivity index (χ2n) is 4.98. The largest absolute Gasteiger partial charge is 0.345 e. The number of allylic oxidation sites excluding steroid dienone is 2. The van der Waals surface area contributed by atoms with Gasteiger partial charge < -0.3 is 5.32 Å². The van der Waals surface area contributed by atoms with Gasteiger partial charge in [0, 0.05) is 25.0 Å². The van der Waals surface area contributed by atoms with Gasteiger partial charge in [-0.05, 0) is 35.1 Å². The van der Waals surface area contributed by atoms with Crippen LogP contribution in [0.4, 0.5) is 8.78 Å². The van der Waals surface area contributed by atoms with Crippen molar-refractivity contribution in [3.05, 3.63) is 58.4 Å². The summed E-state index contributed by atoms with van der Waals surface area (Å²) in [6.07, 6.45) is -2.10. The number of benzene rings is 1. The van der Waals surface area contributed by atoms with Crippen LogP contribution in [0.5, 0.6) is 0 Å². The van der Waals surface area contributed by atoms with Crippen LogP contribution in [0.3, 0.4) is 0 Å². The van der Waals surface area contributed by atoms with Gasteiger partial charge in [-0.2, -0.15) is 4.58 Å². The lowest BCUT2D eigenvalue weighted by atomic mass is 10.2. The fourth-order valence-electron chi connectivity index (χ4n) is 2.29. The van der Waals surface area contributed by atoms with Crippen molar-refractivity contribution < 1.29 is 26.4 Å². The predicted octanol–water partition coefficient (Wildman–Crippen LogP) is 2.66. The number of carbonyl (C=O) groups is 1. The molecule has 1 amide bonds. The molecule has 0 saturated heterocycles. The van der Waals surface area contributed by atoms with Crippen molar-refractivity contribution in [1.82, 2.24) is 5.32 Å². The zero-order valence-corrected chi connectivity index (χ0v) is 12.1. The Kier molecular flexibility index (Phi) is 2.42. The van der Waals surface area contributed by atoms with Crippen molar-refractivity contribution in [1.29, 1.82) is 0 Å². The zero-order valence-electron chi connectivity index (χ0n) is 18.1. The SMILES string of the molecule is [2H]C1=C(C([2H])([2H])[2H])C([2H])=[N+]2C(=NC(C)=C2C(=O)NCc2cc(F)cc(F)c2)C1[2H]. The highest BCUT2D eigenvalue weighted by molar-refractivity contribution is 6.00. The molecular weight excluding hydrogens is 300 g/mol. The van der Waals surface area contributed by atoms with Gasteiger partial charge in [-0.1, -0.05) is 6.05 Å². The van der Waals surface area contributed by atoms with E-state index < -0.39 is 48.6 Å². The Labute approximate surface area is 141 Å². The number of amides is 1. The van der Waals surface area contributed by atoms with E-state index in [2.05, 4.69) is 10.3 Å². The molecular formula is C17H16F2N3O+. The van der Waals surface area contributed by atoms with Crippen LogP contribution in [-0.2, 0) is 11.3 Å². The average Bonchev–Trinajstić information content (AvgIpc) is 2.93. The van der Waals surface area contributed by atoms with Crippen molar-refractivity contribution in [3.63, 3.8) is 0 Å². The average molecular weight is 322 g/mol. The molecule has 1 N–H and O–H groups in total. The number of nitrogens with one attached hydrogen (secondary N) is 1. The summed E-state index contributed by atoms with van der Waals surface area (Å²) in [5, 5.41) is 2.45. The second-order valence-corrected chi connectivity index (χ2v) is 4.98. The fourth-order valence-corrected chi connectivity index (χ4v) is 2.29. The van der Waals surface area contributed by atoms with Gasteiger partial charge >= 0.3 is 5.84 Å². The third-order valence-corrected chi connectivity index (χ3v) is 3.24. The molecule has 23 heavy (non-hydrogen) atoms. The van der Waals surface area contributed by atoms with Crippen LogP contribution in [0.1, 0.15) is 34.0 Å². The Bertz CT molecular complexity index is 1020. The summed E-state index contributed by atoms with van der Waals surface area (Å²) in [4.78, 5) is 16.8. The number of amidine groups is 1. The number of aliphatic imine (C=N–C) groups is 1. The van der Waals surface area contributed by atoms with Gasteiger partial charge in [0.05, 0.1) is 14.0 Å². The number of halogens is 2. The van der Waals surface area contributed by atoms with E-state index in [9.17, 15) is 13.6 Å². The number of rotatable bonds is 3. The highest BCUT2D eigenvalue weighted by atomic mass is 19.1. The van der Waals surface area contributed by atoms with Crippen LogP contribution >= 0.6 is 0 Å². The highest BCUT2D eigenvalue weighted by Gasteiger charge is 2.36. The molecule has 0 aliphatic carbocycles. The lowest BCUT2D eigenvalue weighted by molar-refractivity contribution is -0.337. The summed E-state index contributed by atoms with van der Waals surface area (Å²) in [6.45, 7) is -1.60. The summed E-state index contributed by atoms with van der Waals surface area (Å²) in [5.74, 6) is -2.49. The molecule has 1 aromatic rings. The first-order chi connectivity index (χ1) is 13.4. The quantitative estimate of drug-likeness (QED) is 0.854. The molecule has 0 radical (unpaired) electrons. The van der Waals surface area contributed by atoms with E-state index in [0.29, 0.717) is 6.07 Å². The van der Waals surface area contributed by atoms with Crippen LogP contribution in [0.25, 0.3) is 0 Å². The van der Waals surface area contributed by atoms with E-state index in [0.717, 1.165) is 16.7 Å². The van der Waals surface area contributed by atoms with Gasteiger partial charge in [-0.3, -0.25) is 4.79 Å². The Morgan fingerprint density at radius 3 is 2.91 bits per heavy atom. The minimum absolute atomic E-state index is 0.118. The Morgan fingerprint density at radius 1 is 1.48 bits per heavy atom. The molecule has 1 aromatic carbocycles. The predicted molar refractivity (Wildman–Crippen MR) is 83.0 cm³/mol. The van der Waals surface area contributed by atoms with E-state index in [1.165, 1.54) is 6.92 Å². The van der Waals surface area contributed by atoms with E-state index in [1.54, 1.807) is 0 Å². The van der Waals surface area contributed by atoms with Gasteiger partial charge in [0.15, 0.2) is 0 Å². The summed E-state index contributed by atoms with van der Waals surface area (Å²) in [6, 6.07) is 2.21. The third kappa shape index (κ3) is 3.11. The van der Waals surface area contributed by atoms with E-state index >= 15 is 0 Å². The van der Waals surface area contributed by atoms with Crippen molar-refractivity contribution in [2.45, 2.75) is 26.7 Å². The van der Waals surface area contributed by atoms with Crippen molar-refractivity contribution in [2.75, 3.05) is 0 Å². The molecule has 4 nitrogen and oxygen atoms in total. The first-order valence-corrected chi connectivity index (χ1v) is 6.72. The summed E-state index contributed by atoms with van der Waals surface area (Å²) >= 11 is 0. The van der Waals surface area contributed by atoms with Crippen LogP contribution in [0, 0.1) is 11.6 Å². The normalized spacial score (nSPS) is 25.0. The first kappa shape index (κ1) is 9.50. The van der Waals surface area contributed by atoms with Gasteiger partial charge in [-0.25, -0.2) is 8.78 Å². The topological polar surface area (TPSA) is 44.5 Å². The number of fused-ring (bicyclic) bond motifs is 1. The summed E-state index contributed by atoms with van der Waals surface area (Å²) in [7, 11) is 0. The molecule has 1 atom stereocenters. The fraction of sp³-hybridized carbons (Fsp3) is 0.235. The van der Waals surface area contributed by atoms with Crippen LogP contribution in [0.2, 0.25) is 0 Å². The summed E-state index contributed by atoms with van der Waals surface area (Å²) < 4.78 is 74.5. The highest BCUT2D eigenvalue weighted by Crippen LogP contribution is 2.21. The van der Waals surface area contributed by atoms with Crippen molar-refractivity contribution in [2.24, 2.45) is 4.99 Å². The minimum atomic E-state index is -2.82. The Balaban J connectivity index is 1.95. The monoisotopic (exact) mass is 322 g/mol. The number of hydrogen-bond donors (Lipinski definition) is 1. The minimum Gasteiger partial charge on any atom is -0.345 e. The molecule has 2 aliphatic rings. The van der Waals surface area contributed by atoms with E-state index in [-0.39, 0.29) is 29.3 Å². The standard InChI is InChI=1S/C17H15F2N3O/c1-10-3-4-15-21-11(2)16(22(15)9-10)17(23)20-8-12-5-13(18)7-14(19)6-12/h3,5-7,9H,4,8H2,1-2H3/p+1/i1D3,3D,4D,9D. The van der Waals surface area contributed by atoms with Gasteiger partial charge in [0.25, 0.3) is 5.91 Å². The lowest BCUT2D eigenvalue weighted by Gasteiger charge is -2.09. The maximum absolute atomic E-state index is 13.3. The first-order valence-electron chi connectivity index (χ1n) is 9.79. The van der Waals surface area contributed by atoms with Gasteiger partial charge in [0.1, 0.15) is 13.0 Å². The smallest absolute Gasteiger partial charge is 0.308 e.